The number of halogens is 1. The van der Waals surface area contributed by atoms with Crippen LogP contribution in [0.3, 0.4) is 0 Å². The summed E-state index contributed by atoms with van der Waals surface area (Å²) in [6.07, 6.45) is 0. The van der Waals surface area contributed by atoms with Crippen molar-refractivity contribution in [1.29, 1.82) is 0 Å². The monoisotopic (exact) mass is 352 g/mol. The van der Waals surface area contributed by atoms with Gasteiger partial charge in [-0.25, -0.2) is 4.39 Å². The summed E-state index contributed by atoms with van der Waals surface area (Å²) in [5.74, 6) is -0.599. The van der Waals surface area contributed by atoms with E-state index >= 15 is 0 Å². The SMILES string of the molecule is O=C(COc1cccc2ccccc12)NCC(=O)Nc1ccc(F)cc1. The molecule has 0 atom stereocenters. The second-order valence-electron chi connectivity index (χ2n) is 5.60. The maximum atomic E-state index is 12.8. The Balaban J connectivity index is 1.48. The van der Waals surface area contributed by atoms with E-state index in [2.05, 4.69) is 10.6 Å². The molecule has 6 heteroatoms. The van der Waals surface area contributed by atoms with Crippen LogP contribution >= 0.6 is 0 Å². The van der Waals surface area contributed by atoms with Crippen LogP contribution in [0.2, 0.25) is 0 Å². The van der Waals surface area contributed by atoms with E-state index < -0.39 is 11.8 Å². The molecule has 0 aliphatic carbocycles. The Morgan fingerprint density at radius 1 is 0.885 bits per heavy atom. The molecule has 0 aliphatic heterocycles. The highest BCUT2D eigenvalue weighted by molar-refractivity contribution is 5.94. The Morgan fingerprint density at radius 2 is 1.62 bits per heavy atom. The van der Waals surface area contributed by atoms with Crippen molar-refractivity contribution in [2.75, 3.05) is 18.5 Å². The molecular weight excluding hydrogens is 335 g/mol. The molecule has 5 nitrogen and oxygen atoms in total. The minimum atomic E-state index is -0.410. The smallest absolute Gasteiger partial charge is 0.258 e. The first kappa shape index (κ1) is 17.4. The Labute approximate surface area is 149 Å². The van der Waals surface area contributed by atoms with Gasteiger partial charge in [0.15, 0.2) is 6.61 Å². The average molecular weight is 352 g/mol. The molecule has 132 valence electrons. The standard InChI is InChI=1S/C20H17FN2O3/c21-15-8-10-16(11-9-15)23-19(24)12-22-20(25)13-26-18-7-3-5-14-4-1-2-6-17(14)18/h1-11H,12-13H2,(H,22,25)(H,23,24). The average Bonchev–Trinajstić information content (AvgIpc) is 2.66. The van der Waals surface area contributed by atoms with Gasteiger partial charge in [-0.3, -0.25) is 9.59 Å². The summed E-state index contributed by atoms with van der Waals surface area (Å²) >= 11 is 0. The largest absolute Gasteiger partial charge is 0.483 e. The van der Waals surface area contributed by atoms with Crippen LogP contribution in [0.25, 0.3) is 10.8 Å². The van der Waals surface area contributed by atoms with Gasteiger partial charge in [-0.1, -0.05) is 36.4 Å². The number of anilines is 1. The highest BCUT2D eigenvalue weighted by Gasteiger charge is 2.08. The van der Waals surface area contributed by atoms with Crippen LogP contribution in [0.5, 0.6) is 5.75 Å². The fourth-order valence-corrected chi connectivity index (χ4v) is 2.43. The molecule has 3 aromatic rings. The van der Waals surface area contributed by atoms with E-state index in [1.807, 2.05) is 36.4 Å². The van der Waals surface area contributed by atoms with Crippen molar-refractivity contribution in [3.8, 4) is 5.75 Å². The number of carbonyl (C=O) groups is 2. The van der Waals surface area contributed by atoms with Crippen molar-refractivity contribution in [2.45, 2.75) is 0 Å². The Morgan fingerprint density at radius 3 is 2.42 bits per heavy atom. The first-order valence-corrected chi connectivity index (χ1v) is 8.04. The number of fused-ring (bicyclic) bond motifs is 1. The van der Waals surface area contributed by atoms with E-state index in [1.165, 1.54) is 24.3 Å². The second-order valence-corrected chi connectivity index (χ2v) is 5.60. The Kier molecular flexibility index (Phi) is 5.43. The van der Waals surface area contributed by atoms with Gasteiger partial charge in [0.2, 0.25) is 5.91 Å². The molecule has 26 heavy (non-hydrogen) atoms. The summed E-state index contributed by atoms with van der Waals surface area (Å²) in [7, 11) is 0. The number of rotatable bonds is 6. The van der Waals surface area contributed by atoms with Gasteiger partial charge in [-0.15, -0.1) is 0 Å². The molecule has 0 aromatic heterocycles. The summed E-state index contributed by atoms with van der Waals surface area (Å²) in [5, 5.41) is 6.98. The lowest BCUT2D eigenvalue weighted by Crippen LogP contribution is -2.35. The van der Waals surface area contributed by atoms with E-state index in [9.17, 15) is 14.0 Å². The molecular formula is C20H17FN2O3. The quantitative estimate of drug-likeness (QED) is 0.716. The van der Waals surface area contributed by atoms with Crippen LogP contribution in [0.15, 0.2) is 66.7 Å². The fourth-order valence-electron chi connectivity index (χ4n) is 2.43. The topological polar surface area (TPSA) is 67.4 Å². The molecule has 0 bridgehead atoms. The first-order chi connectivity index (χ1) is 12.6. The molecule has 0 unspecified atom stereocenters. The molecule has 0 aliphatic rings. The lowest BCUT2D eigenvalue weighted by atomic mass is 10.1. The molecule has 0 fully saturated rings. The maximum Gasteiger partial charge on any atom is 0.258 e. The zero-order valence-electron chi connectivity index (χ0n) is 13.9. The normalized spacial score (nSPS) is 10.3. The summed E-state index contributed by atoms with van der Waals surface area (Å²) in [5.41, 5.74) is 0.456. The lowest BCUT2D eigenvalue weighted by Gasteiger charge is -2.10. The van der Waals surface area contributed by atoms with Crippen LogP contribution in [-0.4, -0.2) is 25.0 Å². The van der Waals surface area contributed by atoms with Crippen LogP contribution in [0.1, 0.15) is 0 Å². The molecule has 2 amide bonds. The molecule has 0 radical (unpaired) electrons. The molecule has 0 heterocycles. The van der Waals surface area contributed by atoms with E-state index in [0.29, 0.717) is 11.4 Å². The van der Waals surface area contributed by atoms with E-state index in [-0.39, 0.29) is 19.0 Å². The van der Waals surface area contributed by atoms with Gasteiger partial charge in [-0.05, 0) is 35.7 Å². The van der Waals surface area contributed by atoms with Gasteiger partial charge < -0.3 is 15.4 Å². The van der Waals surface area contributed by atoms with Gasteiger partial charge in [0.05, 0.1) is 6.54 Å². The number of benzene rings is 3. The third-order valence-corrected chi connectivity index (χ3v) is 3.68. The number of hydrogen-bond acceptors (Lipinski definition) is 3. The van der Waals surface area contributed by atoms with Gasteiger partial charge in [0.1, 0.15) is 11.6 Å². The van der Waals surface area contributed by atoms with Crippen molar-refractivity contribution < 1.29 is 18.7 Å². The third-order valence-electron chi connectivity index (χ3n) is 3.68. The first-order valence-electron chi connectivity index (χ1n) is 8.04. The summed E-state index contributed by atoms with van der Waals surface area (Å²) in [6, 6.07) is 18.7. The van der Waals surface area contributed by atoms with E-state index in [0.717, 1.165) is 10.8 Å². The molecule has 3 aromatic carbocycles. The molecule has 0 saturated carbocycles. The fraction of sp³-hybridized carbons (Fsp3) is 0.100. The van der Waals surface area contributed by atoms with Crippen LogP contribution in [0.4, 0.5) is 10.1 Å². The lowest BCUT2D eigenvalue weighted by molar-refractivity contribution is -0.125. The molecule has 0 spiro atoms. The summed E-state index contributed by atoms with van der Waals surface area (Å²) in [6.45, 7) is -0.396. The Hall–Kier alpha value is -3.41. The van der Waals surface area contributed by atoms with Crippen molar-refractivity contribution in [2.24, 2.45) is 0 Å². The predicted molar refractivity (Wildman–Crippen MR) is 97.5 cm³/mol. The van der Waals surface area contributed by atoms with Gasteiger partial charge in [0, 0.05) is 11.1 Å². The van der Waals surface area contributed by atoms with Crippen molar-refractivity contribution in [3.05, 3.63) is 72.5 Å². The predicted octanol–water partition coefficient (Wildman–Crippen LogP) is 3.11. The second kappa shape index (κ2) is 8.11. The van der Waals surface area contributed by atoms with Crippen LogP contribution < -0.4 is 15.4 Å². The highest BCUT2D eigenvalue weighted by atomic mass is 19.1. The van der Waals surface area contributed by atoms with Gasteiger partial charge in [0.25, 0.3) is 5.91 Å². The number of nitrogens with one attached hydrogen (secondary N) is 2. The maximum absolute atomic E-state index is 12.8. The van der Waals surface area contributed by atoms with Crippen molar-refractivity contribution >= 4 is 28.3 Å². The zero-order valence-corrected chi connectivity index (χ0v) is 13.9. The third kappa shape index (κ3) is 4.57. The number of ether oxygens (including phenoxy) is 1. The van der Waals surface area contributed by atoms with Crippen molar-refractivity contribution in [1.82, 2.24) is 5.32 Å². The number of hydrogen-bond donors (Lipinski definition) is 2. The Bertz CT molecular complexity index is 920. The van der Waals surface area contributed by atoms with Crippen LogP contribution in [-0.2, 0) is 9.59 Å². The molecule has 3 rings (SSSR count). The van der Waals surface area contributed by atoms with Crippen molar-refractivity contribution in [3.63, 3.8) is 0 Å². The van der Waals surface area contributed by atoms with E-state index in [4.69, 9.17) is 4.74 Å². The number of carbonyl (C=O) groups excluding carboxylic acids is 2. The minimum Gasteiger partial charge on any atom is -0.483 e. The zero-order chi connectivity index (χ0) is 18.4. The summed E-state index contributed by atoms with van der Waals surface area (Å²) in [4.78, 5) is 23.7. The number of amides is 2. The summed E-state index contributed by atoms with van der Waals surface area (Å²) < 4.78 is 18.4. The van der Waals surface area contributed by atoms with Crippen LogP contribution in [0, 0.1) is 5.82 Å². The molecule has 0 saturated heterocycles. The molecule has 2 N–H and O–H groups in total. The highest BCUT2D eigenvalue weighted by Crippen LogP contribution is 2.24. The van der Waals surface area contributed by atoms with Gasteiger partial charge >= 0.3 is 0 Å². The minimum absolute atomic E-state index is 0.197. The van der Waals surface area contributed by atoms with E-state index in [1.54, 1.807) is 6.07 Å². The van der Waals surface area contributed by atoms with Gasteiger partial charge in [-0.2, -0.15) is 0 Å².